The Balaban J connectivity index is 2.03. The van der Waals surface area contributed by atoms with Gasteiger partial charge in [0.05, 0.1) is 38.0 Å². The Labute approximate surface area is 117 Å². The zero-order valence-corrected chi connectivity index (χ0v) is 12.0. The summed E-state index contributed by atoms with van der Waals surface area (Å²) in [6, 6.07) is 0. The van der Waals surface area contributed by atoms with E-state index in [4.69, 9.17) is 4.74 Å². The molecule has 1 amide bonds. The summed E-state index contributed by atoms with van der Waals surface area (Å²) in [7, 11) is 3.14. The molecule has 2 rings (SSSR count). The van der Waals surface area contributed by atoms with Crippen LogP contribution in [0, 0.1) is 6.92 Å². The molecule has 1 aliphatic rings. The quantitative estimate of drug-likeness (QED) is 0.736. The van der Waals surface area contributed by atoms with Crippen molar-refractivity contribution in [3.63, 3.8) is 0 Å². The molecule has 1 unspecified atom stereocenters. The molecule has 1 aliphatic heterocycles. The lowest BCUT2D eigenvalue weighted by molar-refractivity contribution is -0.145. The van der Waals surface area contributed by atoms with Crippen molar-refractivity contribution in [2.75, 3.05) is 26.8 Å². The molecule has 0 aromatic carbocycles. The van der Waals surface area contributed by atoms with E-state index in [0.29, 0.717) is 25.3 Å². The second-order valence-electron chi connectivity index (χ2n) is 4.79. The predicted octanol–water partition coefficient (Wildman–Crippen LogP) is 0.133. The number of amides is 1. The summed E-state index contributed by atoms with van der Waals surface area (Å²) in [6.45, 7) is 3.19. The molecule has 0 aliphatic carbocycles. The number of hydrogen-bond donors (Lipinski definition) is 0. The molecule has 1 fully saturated rings. The van der Waals surface area contributed by atoms with Crippen LogP contribution in [0.1, 0.15) is 22.5 Å². The van der Waals surface area contributed by atoms with E-state index in [-0.39, 0.29) is 24.4 Å². The van der Waals surface area contributed by atoms with Gasteiger partial charge in [0.15, 0.2) is 0 Å². The van der Waals surface area contributed by atoms with Crippen LogP contribution >= 0.6 is 0 Å². The first-order chi connectivity index (χ1) is 9.52. The minimum Gasteiger partial charge on any atom is -0.469 e. The van der Waals surface area contributed by atoms with Crippen molar-refractivity contribution in [2.24, 2.45) is 7.05 Å². The highest BCUT2D eigenvalue weighted by Gasteiger charge is 2.28. The number of carbonyl (C=O) groups excluding carboxylic acids is 2. The second kappa shape index (κ2) is 6.04. The number of methoxy groups -OCH3 is 1. The van der Waals surface area contributed by atoms with Crippen molar-refractivity contribution in [1.29, 1.82) is 0 Å². The Morgan fingerprint density at radius 1 is 1.55 bits per heavy atom. The molecule has 1 aromatic heterocycles. The van der Waals surface area contributed by atoms with Crippen LogP contribution in [-0.4, -0.2) is 59.5 Å². The number of hydrogen-bond acceptors (Lipinski definition) is 5. The molecule has 0 saturated carbocycles. The normalized spacial score (nSPS) is 18.9. The van der Waals surface area contributed by atoms with E-state index < -0.39 is 0 Å². The minimum absolute atomic E-state index is 0.0752. The van der Waals surface area contributed by atoms with E-state index in [1.54, 1.807) is 22.8 Å². The Morgan fingerprint density at radius 2 is 2.30 bits per heavy atom. The first kappa shape index (κ1) is 14.5. The Kier molecular flexibility index (Phi) is 4.39. The topological polar surface area (TPSA) is 73.7 Å². The van der Waals surface area contributed by atoms with Crippen molar-refractivity contribution in [3.05, 3.63) is 17.5 Å². The van der Waals surface area contributed by atoms with Crippen LogP contribution < -0.4 is 0 Å². The van der Waals surface area contributed by atoms with Gasteiger partial charge >= 0.3 is 5.97 Å². The van der Waals surface area contributed by atoms with Gasteiger partial charge in [-0.3, -0.25) is 14.3 Å². The van der Waals surface area contributed by atoms with E-state index >= 15 is 0 Å². The van der Waals surface area contributed by atoms with Gasteiger partial charge in [-0.05, 0) is 6.92 Å². The lowest BCUT2D eigenvalue weighted by atomic mass is 10.1. The number of nitrogens with zero attached hydrogens (tertiary/aromatic N) is 3. The first-order valence-electron chi connectivity index (χ1n) is 6.49. The maximum absolute atomic E-state index is 12.4. The zero-order chi connectivity index (χ0) is 14.7. The smallest absolute Gasteiger partial charge is 0.308 e. The third kappa shape index (κ3) is 2.98. The number of rotatable bonds is 3. The number of aromatic nitrogens is 2. The third-order valence-electron chi connectivity index (χ3n) is 3.51. The predicted molar refractivity (Wildman–Crippen MR) is 70.2 cm³/mol. The van der Waals surface area contributed by atoms with Crippen molar-refractivity contribution in [3.8, 4) is 0 Å². The molecule has 7 heteroatoms. The Morgan fingerprint density at radius 3 is 2.90 bits per heavy atom. The molecule has 0 spiro atoms. The van der Waals surface area contributed by atoms with Crippen molar-refractivity contribution >= 4 is 11.9 Å². The fourth-order valence-electron chi connectivity index (χ4n) is 2.18. The average Bonchev–Trinajstić information content (AvgIpc) is 2.78. The molecule has 20 heavy (non-hydrogen) atoms. The van der Waals surface area contributed by atoms with Crippen LogP contribution in [0.5, 0.6) is 0 Å². The lowest BCUT2D eigenvalue weighted by Gasteiger charge is -2.32. The van der Waals surface area contributed by atoms with Gasteiger partial charge < -0.3 is 14.4 Å². The van der Waals surface area contributed by atoms with E-state index in [1.165, 1.54) is 7.11 Å². The number of ether oxygens (including phenoxy) is 2. The van der Waals surface area contributed by atoms with Gasteiger partial charge in [-0.2, -0.15) is 5.10 Å². The Hall–Kier alpha value is -1.89. The largest absolute Gasteiger partial charge is 0.469 e. The monoisotopic (exact) mass is 281 g/mol. The minimum atomic E-state index is -0.332. The molecule has 1 atom stereocenters. The van der Waals surface area contributed by atoms with Crippen LogP contribution in [0.2, 0.25) is 0 Å². The van der Waals surface area contributed by atoms with Gasteiger partial charge in [-0.15, -0.1) is 0 Å². The SMILES string of the molecule is COC(=O)CC1CN(C(=O)c2cnn(C)c2C)CCO1. The van der Waals surface area contributed by atoms with Gasteiger partial charge in [0.25, 0.3) is 5.91 Å². The van der Waals surface area contributed by atoms with E-state index in [0.717, 1.165) is 5.69 Å². The van der Waals surface area contributed by atoms with Crippen LogP contribution in [0.25, 0.3) is 0 Å². The van der Waals surface area contributed by atoms with Gasteiger partial charge in [0.1, 0.15) is 0 Å². The number of esters is 1. The summed E-state index contributed by atoms with van der Waals surface area (Å²) >= 11 is 0. The molecule has 1 saturated heterocycles. The molecular weight excluding hydrogens is 262 g/mol. The molecule has 7 nitrogen and oxygen atoms in total. The molecule has 0 radical (unpaired) electrons. The molecule has 0 N–H and O–H groups in total. The fourth-order valence-corrected chi connectivity index (χ4v) is 2.18. The molecule has 0 bridgehead atoms. The lowest BCUT2D eigenvalue weighted by Crippen LogP contribution is -2.46. The van der Waals surface area contributed by atoms with Gasteiger partial charge in [0.2, 0.25) is 0 Å². The summed E-state index contributed by atoms with van der Waals surface area (Å²) in [5.74, 6) is -0.407. The standard InChI is InChI=1S/C13H19N3O4/c1-9-11(7-14-15(9)2)13(18)16-4-5-20-10(8-16)6-12(17)19-3/h7,10H,4-6,8H2,1-3H3. The highest BCUT2D eigenvalue weighted by Crippen LogP contribution is 2.15. The zero-order valence-electron chi connectivity index (χ0n) is 12.0. The van der Waals surface area contributed by atoms with Crippen molar-refractivity contribution in [2.45, 2.75) is 19.4 Å². The van der Waals surface area contributed by atoms with E-state index in [2.05, 4.69) is 9.84 Å². The molecular formula is C13H19N3O4. The summed E-state index contributed by atoms with van der Waals surface area (Å²) in [6.07, 6.45) is 1.42. The summed E-state index contributed by atoms with van der Waals surface area (Å²) in [4.78, 5) is 25.4. The Bertz CT molecular complexity index is 512. The van der Waals surface area contributed by atoms with E-state index in [9.17, 15) is 9.59 Å². The summed E-state index contributed by atoms with van der Waals surface area (Å²) < 4.78 is 11.8. The highest BCUT2D eigenvalue weighted by atomic mass is 16.5. The van der Waals surface area contributed by atoms with Crippen LogP contribution in [0.15, 0.2) is 6.20 Å². The molecule has 110 valence electrons. The van der Waals surface area contributed by atoms with Gasteiger partial charge in [-0.25, -0.2) is 0 Å². The number of carbonyl (C=O) groups is 2. The highest BCUT2D eigenvalue weighted by molar-refractivity contribution is 5.95. The van der Waals surface area contributed by atoms with Gasteiger partial charge in [0, 0.05) is 25.8 Å². The third-order valence-corrected chi connectivity index (χ3v) is 3.51. The van der Waals surface area contributed by atoms with Crippen LogP contribution in [-0.2, 0) is 21.3 Å². The maximum atomic E-state index is 12.4. The summed E-state index contributed by atoms with van der Waals surface area (Å²) in [5, 5.41) is 4.08. The van der Waals surface area contributed by atoms with Crippen LogP contribution in [0.3, 0.4) is 0 Å². The molecule has 2 heterocycles. The molecule has 1 aromatic rings. The fraction of sp³-hybridized carbons (Fsp3) is 0.615. The number of aryl methyl sites for hydroxylation is 1. The van der Waals surface area contributed by atoms with Gasteiger partial charge in [-0.1, -0.05) is 0 Å². The first-order valence-corrected chi connectivity index (χ1v) is 6.49. The summed E-state index contributed by atoms with van der Waals surface area (Å²) in [5.41, 5.74) is 1.41. The second-order valence-corrected chi connectivity index (χ2v) is 4.79. The van der Waals surface area contributed by atoms with Crippen molar-refractivity contribution in [1.82, 2.24) is 14.7 Å². The van der Waals surface area contributed by atoms with Crippen molar-refractivity contribution < 1.29 is 19.1 Å². The number of morpholine rings is 1. The van der Waals surface area contributed by atoms with E-state index in [1.807, 2.05) is 6.92 Å². The van der Waals surface area contributed by atoms with Crippen LogP contribution in [0.4, 0.5) is 0 Å². The average molecular weight is 281 g/mol. The maximum Gasteiger partial charge on any atom is 0.308 e.